The number of allylic oxidation sites excluding steroid dienone is 3. The minimum Gasteiger partial charge on any atom is -0.493 e. The number of dihydropyridines is 1. The quantitative estimate of drug-likeness (QED) is 0.598. The van der Waals surface area contributed by atoms with Gasteiger partial charge in [-0.25, -0.2) is 4.79 Å². The van der Waals surface area contributed by atoms with Crippen molar-refractivity contribution in [2.75, 3.05) is 13.7 Å². The predicted molar refractivity (Wildman–Crippen MR) is 124 cm³/mol. The van der Waals surface area contributed by atoms with Gasteiger partial charge < -0.3 is 19.5 Å². The predicted octanol–water partition coefficient (Wildman–Crippen LogP) is 5.04. The lowest BCUT2D eigenvalue weighted by Gasteiger charge is -2.39. The van der Waals surface area contributed by atoms with Gasteiger partial charge in [-0.05, 0) is 56.7 Å². The lowest BCUT2D eigenvalue weighted by Crippen LogP contribution is -2.39. The van der Waals surface area contributed by atoms with Crippen LogP contribution in [0.1, 0.15) is 72.3 Å². The lowest BCUT2D eigenvalue weighted by molar-refractivity contribution is -0.143. The smallest absolute Gasteiger partial charge is 0.337 e. The van der Waals surface area contributed by atoms with Gasteiger partial charge in [-0.1, -0.05) is 26.8 Å². The van der Waals surface area contributed by atoms with E-state index in [0.29, 0.717) is 35.7 Å². The van der Waals surface area contributed by atoms with Crippen molar-refractivity contribution in [2.24, 2.45) is 5.41 Å². The molecule has 0 aromatic heterocycles. The van der Waals surface area contributed by atoms with Crippen LogP contribution in [0.25, 0.3) is 0 Å². The van der Waals surface area contributed by atoms with Gasteiger partial charge in [0, 0.05) is 29.3 Å². The Bertz CT molecular complexity index is 970. The largest absolute Gasteiger partial charge is 0.493 e. The molecule has 1 aromatic carbocycles. The number of carbonyl (C=O) groups excluding carboxylic acids is 2. The van der Waals surface area contributed by atoms with E-state index in [2.05, 4.69) is 19.2 Å². The van der Waals surface area contributed by atoms with E-state index in [1.165, 1.54) is 0 Å². The second kappa shape index (κ2) is 9.39. The first-order valence-electron chi connectivity index (χ1n) is 11.3. The zero-order valence-corrected chi connectivity index (χ0v) is 20.3. The highest BCUT2D eigenvalue weighted by molar-refractivity contribution is 6.04. The molecule has 3 rings (SSSR count). The zero-order valence-electron chi connectivity index (χ0n) is 20.3. The Kier molecular flexibility index (Phi) is 7.01. The third-order valence-electron chi connectivity index (χ3n) is 5.79. The van der Waals surface area contributed by atoms with Crippen molar-refractivity contribution in [2.45, 2.75) is 72.8 Å². The molecular formula is C26H35NO5. The summed E-state index contributed by atoms with van der Waals surface area (Å²) in [7, 11) is 1.59. The van der Waals surface area contributed by atoms with Crippen molar-refractivity contribution < 1.29 is 23.8 Å². The monoisotopic (exact) mass is 441 g/mol. The molecule has 0 radical (unpaired) electrons. The normalized spacial score (nSPS) is 20.1. The molecule has 0 bridgehead atoms. The van der Waals surface area contributed by atoms with E-state index < -0.39 is 11.9 Å². The van der Waals surface area contributed by atoms with E-state index >= 15 is 0 Å². The summed E-state index contributed by atoms with van der Waals surface area (Å²) in [5, 5.41) is 3.36. The SMILES string of the molecule is CCCOc1ccc([C@@H]2C(C(=O)OC(C)C)=C(C)NC3=C2C(=O)CC(C)(C)C3)cc1OC. The van der Waals surface area contributed by atoms with Crippen LogP contribution in [0, 0.1) is 5.41 Å². The number of methoxy groups -OCH3 is 1. The van der Waals surface area contributed by atoms with Gasteiger partial charge >= 0.3 is 5.97 Å². The lowest BCUT2D eigenvalue weighted by atomic mass is 9.68. The van der Waals surface area contributed by atoms with Crippen LogP contribution < -0.4 is 14.8 Å². The number of nitrogens with one attached hydrogen (secondary N) is 1. The number of rotatable bonds is 7. The number of carbonyl (C=O) groups is 2. The first-order valence-corrected chi connectivity index (χ1v) is 11.3. The summed E-state index contributed by atoms with van der Waals surface area (Å²) in [5.74, 6) is 0.347. The molecule has 0 amide bonds. The van der Waals surface area contributed by atoms with Crippen molar-refractivity contribution >= 4 is 11.8 Å². The van der Waals surface area contributed by atoms with Crippen molar-refractivity contribution in [3.05, 3.63) is 46.3 Å². The molecule has 1 aromatic rings. The van der Waals surface area contributed by atoms with E-state index in [-0.39, 0.29) is 17.3 Å². The molecule has 0 unspecified atom stereocenters. The minimum atomic E-state index is -0.518. The Morgan fingerprint density at radius 2 is 1.94 bits per heavy atom. The van der Waals surface area contributed by atoms with E-state index in [1.807, 2.05) is 45.9 Å². The topological polar surface area (TPSA) is 73.9 Å². The van der Waals surface area contributed by atoms with Crippen LogP contribution in [0.3, 0.4) is 0 Å². The van der Waals surface area contributed by atoms with E-state index in [9.17, 15) is 9.59 Å². The average Bonchev–Trinajstić information content (AvgIpc) is 2.69. The van der Waals surface area contributed by atoms with Crippen LogP contribution in [0.15, 0.2) is 40.7 Å². The summed E-state index contributed by atoms with van der Waals surface area (Å²) < 4.78 is 17.0. The van der Waals surface area contributed by atoms with Gasteiger partial charge in [0.15, 0.2) is 17.3 Å². The first-order chi connectivity index (χ1) is 15.1. The van der Waals surface area contributed by atoms with Gasteiger partial charge in [-0.3, -0.25) is 4.79 Å². The fourth-order valence-electron chi connectivity index (χ4n) is 4.51. The third-order valence-corrected chi connectivity index (χ3v) is 5.79. The molecule has 174 valence electrons. The number of benzene rings is 1. The van der Waals surface area contributed by atoms with Crippen molar-refractivity contribution in [3.63, 3.8) is 0 Å². The van der Waals surface area contributed by atoms with Gasteiger partial charge in [-0.2, -0.15) is 0 Å². The first kappa shape index (κ1) is 23.9. The third kappa shape index (κ3) is 4.84. The minimum absolute atomic E-state index is 0.0568. The van der Waals surface area contributed by atoms with Gasteiger partial charge in [-0.15, -0.1) is 0 Å². The Labute approximate surface area is 191 Å². The highest BCUT2D eigenvalue weighted by atomic mass is 16.5. The standard InChI is InChI=1S/C26H35NO5/c1-8-11-31-20-10-9-17(12-21(20)30-7)23-22(25(29)32-15(2)3)16(4)27-18-13-26(5,6)14-19(28)24(18)23/h9-10,12,15,23,27H,8,11,13-14H2,1-7H3/t23-/m1/s1. The van der Waals surface area contributed by atoms with Crippen LogP contribution in [-0.2, 0) is 14.3 Å². The fourth-order valence-corrected chi connectivity index (χ4v) is 4.51. The summed E-state index contributed by atoms with van der Waals surface area (Å²) in [5.41, 5.74) is 3.39. The van der Waals surface area contributed by atoms with Gasteiger partial charge in [0.2, 0.25) is 0 Å². The summed E-state index contributed by atoms with van der Waals surface area (Å²) in [6.45, 7) is 12.3. The molecule has 1 aliphatic heterocycles. The van der Waals surface area contributed by atoms with E-state index in [4.69, 9.17) is 14.2 Å². The van der Waals surface area contributed by atoms with E-state index in [0.717, 1.165) is 29.8 Å². The molecule has 6 nitrogen and oxygen atoms in total. The number of Topliss-reactive ketones (excluding diaryl/α,β-unsaturated/α-hetero) is 1. The molecule has 32 heavy (non-hydrogen) atoms. The van der Waals surface area contributed by atoms with Crippen molar-refractivity contribution in [1.29, 1.82) is 0 Å². The van der Waals surface area contributed by atoms with Crippen LogP contribution in [0.5, 0.6) is 11.5 Å². The Hall–Kier alpha value is -2.76. The summed E-state index contributed by atoms with van der Waals surface area (Å²) in [4.78, 5) is 26.5. The highest BCUT2D eigenvalue weighted by Crippen LogP contribution is 2.48. The number of ketones is 1. The maximum absolute atomic E-state index is 13.4. The number of hydrogen-bond acceptors (Lipinski definition) is 6. The average molecular weight is 442 g/mol. The Balaban J connectivity index is 2.15. The molecule has 0 saturated carbocycles. The summed E-state index contributed by atoms with van der Waals surface area (Å²) in [6.07, 6.45) is 1.79. The zero-order chi connectivity index (χ0) is 23.6. The molecule has 1 heterocycles. The fraction of sp³-hybridized carbons (Fsp3) is 0.538. The molecule has 0 saturated heterocycles. The number of esters is 1. The second-order valence-electron chi connectivity index (χ2n) is 9.64. The summed E-state index contributed by atoms with van der Waals surface area (Å²) in [6, 6.07) is 5.63. The van der Waals surface area contributed by atoms with Crippen LogP contribution in [-0.4, -0.2) is 31.6 Å². The highest BCUT2D eigenvalue weighted by Gasteiger charge is 2.43. The molecular weight excluding hydrogens is 406 g/mol. The second-order valence-corrected chi connectivity index (χ2v) is 9.64. The molecule has 0 spiro atoms. The molecule has 6 heteroatoms. The van der Waals surface area contributed by atoms with Crippen LogP contribution >= 0.6 is 0 Å². The van der Waals surface area contributed by atoms with Crippen molar-refractivity contribution in [1.82, 2.24) is 5.32 Å². The summed E-state index contributed by atoms with van der Waals surface area (Å²) >= 11 is 0. The number of ether oxygens (including phenoxy) is 3. The Morgan fingerprint density at radius 1 is 1.22 bits per heavy atom. The van der Waals surface area contributed by atoms with Gasteiger partial charge in [0.25, 0.3) is 0 Å². The van der Waals surface area contributed by atoms with Crippen LogP contribution in [0.2, 0.25) is 0 Å². The molecule has 1 aliphatic carbocycles. The van der Waals surface area contributed by atoms with Crippen LogP contribution in [0.4, 0.5) is 0 Å². The number of hydrogen-bond donors (Lipinski definition) is 1. The Morgan fingerprint density at radius 3 is 2.56 bits per heavy atom. The van der Waals surface area contributed by atoms with Gasteiger partial charge in [0.05, 0.1) is 25.4 Å². The molecule has 2 aliphatic rings. The molecule has 1 N–H and O–H groups in total. The molecule has 1 atom stereocenters. The van der Waals surface area contributed by atoms with E-state index in [1.54, 1.807) is 7.11 Å². The molecule has 0 fully saturated rings. The van der Waals surface area contributed by atoms with Crippen molar-refractivity contribution in [3.8, 4) is 11.5 Å². The van der Waals surface area contributed by atoms with Gasteiger partial charge in [0.1, 0.15) is 0 Å². The maximum Gasteiger partial charge on any atom is 0.337 e. The maximum atomic E-state index is 13.4.